The van der Waals surface area contributed by atoms with E-state index in [4.69, 9.17) is 4.18 Å². The summed E-state index contributed by atoms with van der Waals surface area (Å²) in [7, 11) is -8.33. The third-order valence-corrected chi connectivity index (χ3v) is 8.75. The number of azo groups is 1. The number of hydrogen-bond acceptors (Lipinski definition) is 14. The predicted molar refractivity (Wildman–Crippen MR) is 152 cm³/mol. The SMILES string of the molecule is Cc1[nH]n(-c2ccc(S(=O)(=O)[O-])cc2)c(=O)c1N=Nc1ccc(C(=O)Nc2ccc(S(=O)(=O)CCOSOO[O-])cc2)cc1.[Na+].[Na+]. The van der Waals surface area contributed by atoms with Crippen LogP contribution in [0.25, 0.3) is 5.69 Å². The van der Waals surface area contributed by atoms with Gasteiger partial charge in [-0.05, 0) is 79.7 Å². The summed E-state index contributed by atoms with van der Waals surface area (Å²) < 4.78 is 67.9. The molecule has 0 saturated heterocycles. The number of rotatable bonds is 13. The zero-order valence-electron chi connectivity index (χ0n) is 24.4. The van der Waals surface area contributed by atoms with Crippen molar-refractivity contribution in [2.45, 2.75) is 16.7 Å². The second-order valence-corrected chi connectivity index (χ2v) is 12.7. The van der Waals surface area contributed by atoms with Crippen molar-refractivity contribution in [2.24, 2.45) is 10.2 Å². The van der Waals surface area contributed by atoms with Crippen molar-refractivity contribution in [3.8, 4) is 5.69 Å². The Labute approximate surface area is 311 Å². The summed E-state index contributed by atoms with van der Waals surface area (Å²) >= 11 is 0.206. The van der Waals surface area contributed by atoms with Gasteiger partial charge in [-0.2, -0.15) is 5.11 Å². The van der Waals surface area contributed by atoms with Crippen LogP contribution in [0, 0.1) is 6.92 Å². The number of H-pyrrole nitrogens is 1. The maximum Gasteiger partial charge on any atom is 1.00 e. The second-order valence-electron chi connectivity index (χ2n) is 8.74. The standard InChI is InChI=1S/C25H23N5O11S3.2Na/c1-16-23(25(32)30(29-16)20-8-12-22(13-9-20)44(36,37)38)28-27-19-4-2-17(3-5-19)24(31)26-18-6-10-21(11-7-18)43(34,35)15-14-39-42-41-40-33;;/h2-13,29,33H,14-15H2,1H3,(H,26,31)(H,36,37,38);;/q;2*+1/p-2. The van der Waals surface area contributed by atoms with E-state index >= 15 is 0 Å². The molecule has 1 aromatic heterocycles. The summed E-state index contributed by atoms with van der Waals surface area (Å²) in [6, 6.07) is 16.2. The molecule has 0 aliphatic rings. The molecule has 3 aromatic carbocycles. The van der Waals surface area contributed by atoms with Crippen molar-refractivity contribution in [3.05, 3.63) is 94.4 Å². The quantitative estimate of drug-likeness (QED) is 0.0264. The molecule has 4 rings (SSSR count). The van der Waals surface area contributed by atoms with Crippen LogP contribution in [0.2, 0.25) is 0 Å². The zero-order valence-corrected chi connectivity index (χ0v) is 30.8. The number of hydrogen-bond donors (Lipinski definition) is 2. The van der Waals surface area contributed by atoms with Crippen LogP contribution in [-0.4, -0.2) is 49.4 Å². The number of amides is 1. The number of nitrogens with one attached hydrogen (secondary N) is 2. The normalized spacial score (nSPS) is 11.5. The molecule has 16 nitrogen and oxygen atoms in total. The molecule has 4 aromatic rings. The maximum atomic E-state index is 12.9. The van der Waals surface area contributed by atoms with Crippen molar-refractivity contribution in [1.82, 2.24) is 9.78 Å². The molecule has 46 heavy (non-hydrogen) atoms. The Balaban J connectivity index is 0.00000368. The summed E-state index contributed by atoms with van der Waals surface area (Å²) in [5, 5.41) is 26.3. The van der Waals surface area contributed by atoms with Gasteiger partial charge in [0, 0.05) is 11.3 Å². The summed E-state index contributed by atoms with van der Waals surface area (Å²) in [5.41, 5.74) is 1.03. The van der Waals surface area contributed by atoms with Gasteiger partial charge in [-0.3, -0.25) is 23.9 Å². The van der Waals surface area contributed by atoms with Gasteiger partial charge in [0.1, 0.15) is 10.1 Å². The Hall–Kier alpha value is -2.21. The van der Waals surface area contributed by atoms with E-state index in [9.17, 15) is 36.2 Å². The number of aromatic amines is 1. The molecule has 0 aliphatic carbocycles. The zero-order chi connectivity index (χ0) is 31.9. The molecule has 21 heteroatoms. The summed E-state index contributed by atoms with van der Waals surface area (Å²) in [6.07, 6.45) is 0. The minimum Gasteiger partial charge on any atom is -0.744 e. The van der Waals surface area contributed by atoms with Crippen LogP contribution in [0.3, 0.4) is 0 Å². The molecule has 0 saturated carbocycles. The largest absolute Gasteiger partial charge is 1.00 e. The molecule has 0 bridgehead atoms. The van der Waals surface area contributed by atoms with E-state index in [1.54, 1.807) is 6.92 Å². The summed E-state index contributed by atoms with van der Waals surface area (Å²) in [4.78, 5) is 25.1. The Morgan fingerprint density at radius 3 is 2.13 bits per heavy atom. The Bertz CT molecular complexity index is 1930. The van der Waals surface area contributed by atoms with Gasteiger partial charge in [0.2, 0.25) is 0 Å². The molecular weight excluding hydrogens is 688 g/mol. The number of carbonyl (C=O) groups is 1. The number of nitrogens with zero attached hydrogens (tertiary/aromatic N) is 3. The first-order valence-corrected chi connectivity index (χ1v) is 15.9. The molecule has 0 fully saturated rings. The van der Waals surface area contributed by atoms with E-state index in [2.05, 4.69) is 30.0 Å². The van der Waals surface area contributed by atoms with E-state index in [0.29, 0.717) is 17.1 Å². The number of benzene rings is 3. The van der Waals surface area contributed by atoms with Gasteiger partial charge in [0.15, 0.2) is 27.8 Å². The monoisotopic (exact) mass is 709 g/mol. The second kappa shape index (κ2) is 17.8. The van der Waals surface area contributed by atoms with Gasteiger partial charge in [-0.1, -0.05) is 0 Å². The van der Waals surface area contributed by atoms with Crippen LogP contribution in [0.1, 0.15) is 16.1 Å². The molecule has 0 unspecified atom stereocenters. The number of sulfone groups is 1. The summed E-state index contributed by atoms with van der Waals surface area (Å²) in [5.74, 6) is -0.863. The Kier molecular flexibility index (Phi) is 15.5. The average molecular weight is 710 g/mol. The van der Waals surface area contributed by atoms with Gasteiger partial charge in [0.25, 0.3) is 11.5 Å². The third kappa shape index (κ3) is 10.7. The van der Waals surface area contributed by atoms with E-state index in [0.717, 1.165) is 16.8 Å². The van der Waals surface area contributed by atoms with Crippen molar-refractivity contribution in [3.63, 3.8) is 0 Å². The van der Waals surface area contributed by atoms with Gasteiger partial charge in [0.05, 0.1) is 39.2 Å². The molecule has 2 N–H and O–H groups in total. The molecule has 1 amide bonds. The van der Waals surface area contributed by atoms with Crippen molar-refractivity contribution in [2.75, 3.05) is 17.7 Å². The number of anilines is 1. The molecule has 0 spiro atoms. The van der Waals surface area contributed by atoms with E-state index in [1.165, 1.54) is 60.7 Å². The maximum absolute atomic E-state index is 12.9. The van der Waals surface area contributed by atoms with E-state index in [-0.39, 0.29) is 106 Å². The van der Waals surface area contributed by atoms with Gasteiger partial charge in [-0.25, -0.2) is 21.5 Å². The smallest absolute Gasteiger partial charge is 0.744 e. The Morgan fingerprint density at radius 2 is 1.54 bits per heavy atom. The summed E-state index contributed by atoms with van der Waals surface area (Å²) in [6.45, 7) is 1.33. The molecule has 0 radical (unpaired) electrons. The molecule has 0 aliphatic heterocycles. The van der Waals surface area contributed by atoms with Crippen LogP contribution >= 0.6 is 12.3 Å². The number of aryl methyl sites for hydroxylation is 1. The molecule has 1 heterocycles. The Morgan fingerprint density at radius 1 is 0.935 bits per heavy atom. The van der Waals surface area contributed by atoms with Gasteiger partial charge >= 0.3 is 59.1 Å². The van der Waals surface area contributed by atoms with Crippen LogP contribution in [0.5, 0.6) is 0 Å². The average Bonchev–Trinajstić information content (AvgIpc) is 3.28. The van der Waals surface area contributed by atoms with Crippen molar-refractivity contribution in [1.29, 1.82) is 0 Å². The van der Waals surface area contributed by atoms with Gasteiger partial charge in [-0.15, -0.1) is 9.45 Å². The van der Waals surface area contributed by atoms with E-state index in [1.807, 2.05) is 0 Å². The third-order valence-electron chi connectivity index (χ3n) is 5.83. The first-order chi connectivity index (χ1) is 20.9. The molecule has 232 valence electrons. The fraction of sp³-hybridized carbons (Fsp3) is 0.120. The van der Waals surface area contributed by atoms with E-state index < -0.39 is 36.3 Å². The van der Waals surface area contributed by atoms with Crippen molar-refractivity contribution >= 4 is 55.2 Å². The van der Waals surface area contributed by atoms with Gasteiger partial charge < -0.3 is 15.1 Å². The molecular formula is C25H21N5Na2O11S3. The fourth-order valence-electron chi connectivity index (χ4n) is 3.66. The van der Waals surface area contributed by atoms with Crippen LogP contribution in [0.4, 0.5) is 17.1 Å². The van der Waals surface area contributed by atoms with Crippen LogP contribution in [0.15, 0.2) is 97.6 Å². The van der Waals surface area contributed by atoms with Crippen molar-refractivity contribution < 1.29 is 104 Å². The predicted octanol–water partition coefficient (Wildman–Crippen LogP) is -3.37. The first-order valence-electron chi connectivity index (χ1n) is 12.2. The topological polar surface area (TPSA) is 234 Å². The number of carbonyl (C=O) groups excluding carboxylic acids is 1. The minimum absolute atomic E-state index is 0. The minimum atomic E-state index is -4.63. The van der Waals surface area contributed by atoms with Crippen LogP contribution < -0.4 is 75.2 Å². The van der Waals surface area contributed by atoms with Crippen LogP contribution in [-0.2, 0) is 33.5 Å². The number of aromatic nitrogens is 2. The fourth-order valence-corrected chi connectivity index (χ4v) is 5.54. The first kappa shape index (κ1) is 40.0. The molecule has 0 atom stereocenters.